The van der Waals surface area contributed by atoms with Gasteiger partial charge >= 0.3 is 0 Å². The van der Waals surface area contributed by atoms with E-state index >= 15 is 0 Å². The maximum Gasteiger partial charge on any atom is 0.0432 e. The molecule has 0 aliphatic rings. The van der Waals surface area contributed by atoms with Crippen LogP contribution < -0.4 is 5.32 Å². The first-order chi connectivity index (χ1) is 5.22. The lowest BCUT2D eigenvalue weighted by molar-refractivity contribution is 0.721. The molecule has 0 aromatic carbocycles. The zero-order chi connectivity index (χ0) is 8.69. The Morgan fingerprint density at radius 2 is 2.27 bits per heavy atom. The fourth-order valence-corrected chi connectivity index (χ4v) is 0.789. The van der Waals surface area contributed by atoms with Crippen molar-refractivity contribution in [2.24, 2.45) is 5.92 Å². The molecule has 0 aliphatic carbocycles. The van der Waals surface area contributed by atoms with Gasteiger partial charge in [0.25, 0.3) is 0 Å². The summed E-state index contributed by atoms with van der Waals surface area (Å²) in [5.41, 5.74) is 4.48. The Hall–Kier alpha value is -0.940. The first kappa shape index (κ1) is 10.1. The van der Waals surface area contributed by atoms with Gasteiger partial charge in [0.1, 0.15) is 0 Å². The zero-order valence-corrected chi connectivity index (χ0v) is 7.65. The van der Waals surface area contributed by atoms with Gasteiger partial charge in [0, 0.05) is 6.54 Å². The Bertz CT molecular complexity index is 171. The second-order valence-corrected chi connectivity index (χ2v) is 2.70. The molecule has 11 heavy (non-hydrogen) atoms. The second kappa shape index (κ2) is 5.82. The number of rotatable bonds is 4. The van der Waals surface area contributed by atoms with Crippen molar-refractivity contribution >= 4 is 0 Å². The van der Waals surface area contributed by atoms with Gasteiger partial charge in [0.05, 0.1) is 0 Å². The summed E-state index contributed by atoms with van der Waals surface area (Å²) in [6.07, 6.45) is 3.65. The number of hydrogen-bond donors (Lipinski definition) is 1. The van der Waals surface area contributed by atoms with Gasteiger partial charge in [-0.05, 0) is 30.7 Å². The van der Waals surface area contributed by atoms with Gasteiger partial charge in [0.2, 0.25) is 0 Å². The number of nitrogens with one attached hydrogen (secondary N) is 1. The minimum atomic E-state index is 0.554. The molecular formula is C10H17N. The number of hydrogen-bond acceptors (Lipinski definition) is 1. The van der Waals surface area contributed by atoms with Crippen LogP contribution in [0.5, 0.6) is 0 Å². The molecule has 0 aromatic rings. The third-order valence-corrected chi connectivity index (χ3v) is 1.46. The first-order valence-corrected chi connectivity index (χ1v) is 3.96. The van der Waals surface area contributed by atoms with E-state index in [1.807, 2.05) is 13.0 Å². The molecule has 0 rings (SSSR count). The predicted octanol–water partition coefficient (Wildman–Crippen LogP) is 2.48. The fourth-order valence-electron chi connectivity index (χ4n) is 0.789. The topological polar surface area (TPSA) is 12.0 Å². The largest absolute Gasteiger partial charge is 0.387 e. The first-order valence-electron chi connectivity index (χ1n) is 3.96. The van der Waals surface area contributed by atoms with E-state index in [4.69, 9.17) is 0 Å². The van der Waals surface area contributed by atoms with Crippen LogP contribution in [0.3, 0.4) is 0 Å². The third-order valence-electron chi connectivity index (χ3n) is 1.46. The summed E-state index contributed by atoms with van der Waals surface area (Å²) in [4.78, 5) is 0. The average molecular weight is 151 g/mol. The Kier molecular flexibility index (Phi) is 5.32. The van der Waals surface area contributed by atoms with Crippen molar-refractivity contribution in [1.29, 1.82) is 0 Å². The van der Waals surface area contributed by atoms with Crippen LogP contribution in [0.15, 0.2) is 30.2 Å². The van der Waals surface area contributed by atoms with Crippen molar-refractivity contribution in [2.45, 2.75) is 20.8 Å². The molecule has 1 N–H and O–H groups in total. The molecule has 0 saturated carbocycles. The van der Waals surface area contributed by atoms with Crippen molar-refractivity contribution in [1.82, 2.24) is 5.32 Å². The predicted molar refractivity (Wildman–Crippen MR) is 50.3 cm³/mol. The molecule has 0 heterocycles. The molecule has 0 amide bonds. The van der Waals surface area contributed by atoms with Gasteiger partial charge in [-0.25, -0.2) is 0 Å². The van der Waals surface area contributed by atoms with Crippen molar-refractivity contribution in [3.63, 3.8) is 0 Å². The standard InChI is InChI=1S/C10H17N/c1-5-7-10(9(3)4)8-11-6-2/h5-6,9,11H,2,8H2,1,3-4H3. The molecular weight excluding hydrogens is 134 g/mol. The highest BCUT2D eigenvalue weighted by Crippen LogP contribution is 2.05. The summed E-state index contributed by atoms with van der Waals surface area (Å²) >= 11 is 0. The van der Waals surface area contributed by atoms with Crippen molar-refractivity contribution < 1.29 is 0 Å². The smallest absolute Gasteiger partial charge is 0.0432 e. The van der Waals surface area contributed by atoms with Crippen LogP contribution in [0.4, 0.5) is 0 Å². The highest BCUT2D eigenvalue weighted by Gasteiger charge is 1.99. The molecule has 0 fully saturated rings. The Morgan fingerprint density at radius 3 is 2.64 bits per heavy atom. The van der Waals surface area contributed by atoms with Crippen molar-refractivity contribution in [2.75, 3.05) is 6.54 Å². The van der Waals surface area contributed by atoms with Gasteiger partial charge < -0.3 is 5.32 Å². The maximum absolute atomic E-state index is 3.59. The summed E-state index contributed by atoms with van der Waals surface area (Å²) < 4.78 is 0. The van der Waals surface area contributed by atoms with Gasteiger partial charge in [-0.1, -0.05) is 20.4 Å². The van der Waals surface area contributed by atoms with Gasteiger partial charge in [-0.15, -0.1) is 5.73 Å². The summed E-state index contributed by atoms with van der Waals surface area (Å²) in [6.45, 7) is 10.8. The summed E-state index contributed by atoms with van der Waals surface area (Å²) in [6, 6.07) is 0. The lowest BCUT2D eigenvalue weighted by Crippen LogP contribution is -2.12. The van der Waals surface area contributed by atoms with E-state index in [0.29, 0.717) is 5.92 Å². The van der Waals surface area contributed by atoms with Gasteiger partial charge in [-0.2, -0.15) is 0 Å². The molecule has 0 bridgehead atoms. The monoisotopic (exact) mass is 151 g/mol. The molecule has 0 spiro atoms. The zero-order valence-electron chi connectivity index (χ0n) is 7.65. The normalized spacial score (nSPS) is 8.73. The van der Waals surface area contributed by atoms with E-state index in [0.717, 1.165) is 6.54 Å². The lowest BCUT2D eigenvalue weighted by Gasteiger charge is -2.07. The Labute approximate surface area is 69.5 Å². The second-order valence-electron chi connectivity index (χ2n) is 2.70. The average Bonchev–Trinajstić information content (AvgIpc) is 1.97. The van der Waals surface area contributed by atoms with Crippen LogP contribution in [-0.2, 0) is 0 Å². The molecule has 0 atom stereocenters. The summed E-state index contributed by atoms with van der Waals surface area (Å²) in [5, 5.41) is 3.06. The van der Waals surface area contributed by atoms with E-state index in [1.165, 1.54) is 5.57 Å². The lowest BCUT2D eigenvalue weighted by atomic mass is 10.0. The Morgan fingerprint density at radius 1 is 1.64 bits per heavy atom. The molecule has 0 radical (unpaired) electrons. The minimum absolute atomic E-state index is 0.554. The molecule has 1 heteroatoms. The van der Waals surface area contributed by atoms with Crippen molar-refractivity contribution in [3.05, 3.63) is 30.2 Å². The van der Waals surface area contributed by atoms with Crippen molar-refractivity contribution in [3.8, 4) is 0 Å². The van der Waals surface area contributed by atoms with Crippen LogP contribution in [0, 0.1) is 5.92 Å². The quantitative estimate of drug-likeness (QED) is 0.609. The summed E-state index contributed by atoms with van der Waals surface area (Å²) in [5.74, 6) is 0.554. The molecule has 0 aliphatic heterocycles. The van der Waals surface area contributed by atoms with Crippen LogP contribution in [0.2, 0.25) is 0 Å². The van der Waals surface area contributed by atoms with E-state index in [-0.39, 0.29) is 0 Å². The van der Waals surface area contributed by atoms with Crippen LogP contribution in [0.1, 0.15) is 20.8 Å². The maximum atomic E-state index is 3.59. The van der Waals surface area contributed by atoms with E-state index < -0.39 is 0 Å². The highest BCUT2D eigenvalue weighted by atomic mass is 14.8. The molecule has 0 aromatic heterocycles. The SMILES string of the molecule is C=CNCC(=C=CC)C(C)C. The summed E-state index contributed by atoms with van der Waals surface area (Å²) in [7, 11) is 0. The highest BCUT2D eigenvalue weighted by molar-refractivity contribution is 5.06. The van der Waals surface area contributed by atoms with E-state index in [9.17, 15) is 0 Å². The third kappa shape index (κ3) is 4.46. The molecule has 0 unspecified atom stereocenters. The van der Waals surface area contributed by atoms with Crippen LogP contribution >= 0.6 is 0 Å². The van der Waals surface area contributed by atoms with E-state index in [2.05, 4.69) is 31.5 Å². The molecule has 0 saturated heterocycles. The van der Waals surface area contributed by atoms with Gasteiger partial charge in [-0.3, -0.25) is 0 Å². The van der Waals surface area contributed by atoms with Crippen LogP contribution in [-0.4, -0.2) is 6.54 Å². The molecule has 1 nitrogen and oxygen atoms in total. The Balaban J connectivity index is 4.12. The van der Waals surface area contributed by atoms with Crippen LogP contribution in [0.25, 0.3) is 0 Å². The minimum Gasteiger partial charge on any atom is -0.387 e. The van der Waals surface area contributed by atoms with E-state index in [1.54, 1.807) is 6.20 Å². The molecule has 62 valence electrons. The fraction of sp³-hybridized carbons (Fsp3) is 0.500. The van der Waals surface area contributed by atoms with Gasteiger partial charge in [0.15, 0.2) is 0 Å².